The predicted octanol–water partition coefficient (Wildman–Crippen LogP) is 3.91. The fraction of sp³-hybridized carbons (Fsp3) is 0.471. The lowest BCUT2D eigenvalue weighted by molar-refractivity contribution is -0.178. The normalized spacial score (nSPS) is 21.7. The third-order valence-corrected chi connectivity index (χ3v) is 4.82. The van der Waals surface area contributed by atoms with Crippen LogP contribution in [0.3, 0.4) is 0 Å². The molecule has 1 saturated heterocycles. The lowest BCUT2D eigenvalue weighted by atomic mass is 9.80. The standard InChI is InChI=1S/C17H17F2NO2/c18-14-9-13-12(3-6-20-16(13)10-15(14)19)11-1-4-17(5-2-11)21-7-8-22-17/h3,6,9-11H,1-2,4-5,7-8H2. The number of hydrogen-bond acceptors (Lipinski definition) is 3. The van der Waals surface area contributed by atoms with Gasteiger partial charge in [0.2, 0.25) is 0 Å². The van der Waals surface area contributed by atoms with Crippen LogP contribution in [0, 0.1) is 11.6 Å². The molecule has 2 aromatic rings. The van der Waals surface area contributed by atoms with Crippen molar-refractivity contribution in [1.82, 2.24) is 4.98 Å². The van der Waals surface area contributed by atoms with E-state index in [-0.39, 0.29) is 0 Å². The van der Waals surface area contributed by atoms with Gasteiger partial charge in [-0.1, -0.05) is 0 Å². The summed E-state index contributed by atoms with van der Waals surface area (Å²) < 4.78 is 38.5. The Hall–Kier alpha value is -1.59. The summed E-state index contributed by atoms with van der Waals surface area (Å²) in [5, 5.41) is 0.704. The van der Waals surface area contributed by atoms with Crippen LogP contribution < -0.4 is 0 Å². The third-order valence-electron chi connectivity index (χ3n) is 4.82. The zero-order chi connectivity index (χ0) is 15.2. The molecule has 0 N–H and O–H groups in total. The molecule has 0 radical (unpaired) electrons. The number of rotatable bonds is 1. The molecule has 1 aromatic heterocycles. The summed E-state index contributed by atoms with van der Waals surface area (Å²) in [4.78, 5) is 4.15. The van der Waals surface area contributed by atoms with Gasteiger partial charge in [0.05, 0.1) is 18.7 Å². The van der Waals surface area contributed by atoms with E-state index in [2.05, 4.69) is 4.98 Å². The Balaban J connectivity index is 1.66. The molecule has 3 nitrogen and oxygen atoms in total. The molecule has 1 aliphatic carbocycles. The molecule has 22 heavy (non-hydrogen) atoms. The van der Waals surface area contributed by atoms with Gasteiger partial charge in [-0.25, -0.2) is 8.78 Å². The zero-order valence-electron chi connectivity index (χ0n) is 12.1. The summed E-state index contributed by atoms with van der Waals surface area (Å²) in [5.41, 5.74) is 1.54. The molecule has 1 saturated carbocycles. The van der Waals surface area contributed by atoms with Gasteiger partial charge in [-0.15, -0.1) is 0 Å². The van der Waals surface area contributed by atoms with Crippen LogP contribution in [-0.2, 0) is 9.47 Å². The Bertz CT molecular complexity index is 703. The Labute approximate surface area is 127 Å². The van der Waals surface area contributed by atoms with Crippen LogP contribution in [0.5, 0.6) is 0 Å². The molecule has 0 bridgehead atoms. The highest BCUT2D eigenvalue weighted by Crippen LogP contribution is 2.43. The number of pyridine rings is 1. The fourth-order valence-corrected chi connectivity index (χ4v) is 3.67. The van der Waals surface area contributed by atoms with Crippen molar-refractivity contribution in [2.45, 2.75) is 37.4 Å². The topological polar surface area (TPSA) is 31.4 Å². The van der Waals surface area contributed by atoms with E-state index in [1.54, 1.807) is 6.20 Å². The highest BCUT2D eigenvalue weighted by atomic mass is 19.2. The number of benzene rings is 1. The summed E-state index contributed by atoms with van der Waals surface area (Å²) in [6, 6.07) is 4.35. The Kier molecular flexibility index (Phi) is 3.35. The van der Waals surface area contributed by atoms with Crippen molar-refractivity contribution < 1.29 is 18.3 Å². The molecule has 116 valence electrons. The number of hydrogen-bond donors (Lipinski definition) is 0. The smallest absolute Gasteiger partial charge is 0.168 e. The van der Waals surface area contributed by atoms with E-state index in [9.17, 15) is 8.78 Å². The van der Waals surface area contributed by atoms with Gasteiger partial charge in [0, 0.05) is 30.5 Å². The SMILES string of the molecule is Fc1cc2nccc(C3CCC4(CC3)OCCO4)c2cc1F. The summed E-state index contributed by atoms with van der Waals surface area (Å²) >= 11 is 0. The van der Waals surface area contributed by atoms with E-state index in [4.69, 9.17) is 9.47 Å². The van der Waals surface area contributed by atoms with E-state index in [1.165, 1.54) is 12.1 Å². The van der Waals surface area contributed by atoms with Gasteiger partial charge in [0.25, 0.3) is 0 Å². The molecule has 5 heteroatoms. The van der Waals surface area contributed by atoms with Crippen LogP contribution in [0.1, 0.15) is 37.2 Å². The van der Waals surface area contributed by atoms with Crippen LogP contribution in [0.4, 0.5) is 8.78 Å². The first-order valence-corrected chi connectivity index (χ1v) is 7.68. The van der Waals surface area contributed by atoms with Gasteiger partial charge in [-0.3, -0.25) is 4.98 Å². The van der Waals surface area contributed by atoms with Gasteiger partial charge >= 0.3 is 0 Å². The van der Waals surface area contributed by atoms with Gasteiger partial charge in [-0.05, 0) is 36.5 Å². The largest absolute Gasteiger partial charge is 0.348 e. The van der Waals surface area contributed by atoms with E-state index in [0.29, 0.717) is 30.0 Å². The monoisotopic (exact) mass is 305 g/mol. The minimum Gasteiger partial charge on any atom is -0.348 e. The number of halogens is 2. The molecule has 1 spiro atoms. The first-order chi connectivity index (χ1) is 10.7. The van der Waals surface area contributed by atoms with Crippen molar-refractivity contribution in [3.8, 4) is 0 Å². The molecule has 0 unspecified atom stereocenters. The van der Waals surface area contributed by atoms with E-state index >= 15 is 0 Å². The first-order valence-electron chi connectivity index (χ1n) is 7.68. The first kappa shape index (κ1) is 14.0. The average Bonchev–Trinajstić information content (AvgIpc) is 2.97. The van der Waals surface area contributed by atoms with Crippen molar-refractivity contribution in [3.05, 3.63) is 41.6 Å². The molecule has 1 aliphatic heterocycles. The second-order valence-corrected chi connectivity index (χ2v) is 6.07. The molecule has 0 atom stereocenters. The highest BCUT2D eigenvalue weighted by Gasteiger charge is 2.40. The number of ether oxygens (including phenoxy) is 2. The van der Waals surface area contributed by atoms with Crippen LogP contribution >= 0.6 is 0 Å². The van der Waals surface area contributed by atoms with Crippen molar-refractivity contribution in [3.63, 3.8) is 0 Å². The Morgan fingerprint density at radius 3 is 2.45 bits per heavy atom. The molecule has 1 aromatic carbocycles. The molecular weight excluding hydrogens is 288 g/mol. The fourth-order valence-electron chi connectivity index (χ4n) is 3.67. The summed E-state index contributed by atoms with van der Waals surface area (Å²) in [6.45, 7) is 1.32. The van der Waals surface area contributed by atoms with Crippen LogP contribution in [0.2, 0.25) is 0 Å². The van der Waals surface area contributed by atoms with Crippen LogP contribution in [0.15, 0.2) is 24.4 Å². The zero-order valence-corrected chi connectivity index (χ0v) is 12.1. The Morgan fingerprint density at radius 1 is 1.05 bits per heavy atom. The van der Waals surface area contributed by atoms with E-state index < -0.39 is 17.4 Å². The van der Waals surface area contributed by atoms with Crippen molar-refractivity contribution in [2.75, 3.05) is 13.2 Å². The molecule has 2 aliphatic rings. The van der Waals surface area contributed by atoms with Crippen molar-refractivity contribution in [2.24, 2.45) is 0 Å². The lowest BCUT2D eigenvalue weighted by Gasteiger charge is -2.35. The minimum atomic E-state index is -0.854. The maximum absolute atomic E-state index is 13.6. The van der Waals surface area contributed by atoms with Crippen molar-refractivity contribution in [1.29, 1.82) is 0 Å². The second kappa shape index (κ2) is 5.25. The average molecular weight is 305 g/mol. The maximum Gasteiger partial charge on any atom is 0.168 e. The summed E-state index contributed by atoms with van der Waals surface area (Å²) in [7, 11) is 0. The maximum atomic E-state index is 13.6. The summed E-state index contributed by atoms with van der Waals surface area (Å²) in [5.74, 6) is -1.78. The van der Waals surface area contributed by atoms with Crippen LogP contribution in [0.25, 0.3) is 10.9 Å². The summed E-state index contributed by atoms with van der Waals surface area (Å²) in [6.07, 6.45) is 5.18. The Morgan fingerprint density at radius 2 is 1.73 bits per heavy atom. The molecular formula is C17H17F2NO2. The van der Waals surface area contributed by atoms with Gasteiger partial charge in [0.1, 0.15) is 0 Å². The molecule has 4 rings (SSSR count). The van der Waals surface area contributed by atoms with Gasteiger partial charge in [-0.2, -0.15) is 0 Å². The van der Waals surface area contributed by atoms with Crippen molar-refractivity contribution >= 4 is 10.9 Å². The number of nitrogens with zero attached hydrogens (tertiary/aromatic N) is 1. The minimum absolute atomic E-state index is 0.300. The van der Waals surface area contributed by atoms with E-state index in [1.807, 2.05) is 6.07 Å². The number of aromatic nitrogens is 1. The second-order valence-electron chi connectivity index (χ2n) is 6.07. The highest BCUT2D eigenvalue weighted by molar-refractivity contribution is 5.82. The third kappa shape index (κ3) is 2.29. The number of fused-ring (bicyclic) bond motifs is 1. The van der Waals surface area contributed by atoms with E-state index in [0.717, 1.165) is 31.2 Å². The molecule has 2 fully saturated rings. The van der Waals surface area contributed by atoms with Gasteiger partial charge in [0.15, 0.2) is 17.4 Å². The quantitative estimate of drug-likeness (QED) is 0.800. The molecule has 2 heterocycles. The lowest BCUT2D eigenvalue weighted by Crippen LogP contribution is -2.34. The predicted molar refractivity (Wildman–Crippen MR) is 77.5 cm³/mol. The molecule has 0 amide bonds. The van der Waals surface area contributed by atoms with Crippen LogP contribution in [-0.4, -0.2) is 24.0 Å². The van der Waals surface area contributed by atoms with Gasteiger partial charge < -0.3 is 9.47 Å².